The van der Waals surface area contributed by atoms with Crippen molar-refractivity contribution in [3.63, 3.8) is 0 Å². The maximum absolute atomic E-state index is 12.1. The minimum absolute atomic E-state index is 0.0972. The number of methoxy groups -OCH3 is 2. The molecule has 0 aromatic heterocycles. The summed E-state index contributed by atoms with van der Waals surface area (Å²) in [7, 11) is -4.35. The number of hydrogen-bond acceptors (Lipinski definition) is 6. The number of benzene rings is 1. The van der Waals surface area contributed by atoms with E-state index in [0.717, 1.165) is 16.8 Å². The van der Waals surface area contributed by atoms with Crippen molar-refractivity contribution >= 4 is 37.3 Å². The Bertz CT molecular complexity index is 764. The van der Waals surface area contributed by atoms with Gasteiger partial charge in [-0.2, -0.15) is 0 Å². The van der Waals surface area contributed by atoms with Gasteiger partial charge in [-0.3, -0.25) is 4.31 Å². The molecular formula is C12H19ClN2O6S2. The van der Waals surface area contributed by atoms with Crippen molar-refractivity contribution in [3.05, 3.63) is 17.2 Å². The van der Waals surface area contributed by atoms with E-state index in [0.29, 0.717) is 0 Å². The maximum atomic E-state index is 12.1. The Hall–Kier alpha value is -1.23. The second kappa shape index (κ2) is 7.56. The molecule has 0 radical (unpaired) electrons. The van der Waals surface area contributed by atoms with E-state index in [1.165, 1.54) is 26.4 Å². The van der Waals surface area contributed by atoms with Crippen LogP contribution in [0.5, 0.6) is 11.5 Å². The quantitative estimate of drug-likeness (QED) is 0.704. The first-order valence-electron chi connectivity index (χ1n) is 6.33. The van der Waals surface area contributed by atoms with Gasteiger partial charge in [-0.25, -0.2) is 21.6 Å². The lowest BCUT2D eigenvalue weighted by atomic mass is 10.2. The molecule has 0 fully saturated rings. The summed E-state index contributed by atoms with van der Waals surface area (Å²) in [4.78, 5) is 0. The summed E-state index contributed by atoms with van der Waals surface area (Å²) in [6.45, 7) is -0.215. The second-order valence-electron chi connectivity index (χ2n) is 4.66. The van der Waals surface area contributed by atoms with Crippen LogP contribution < -0.4 is 18.5 Å². The number of ether oxygens (including phenoxy) is 2. The Morgan fingerprint density at radius 3 is 2.09 bits per heavy atom. The number of rotatable bonds is 8. The molecule has 132 valence electrons. The van der Waals surface area contributed by atoms with Crippen LogP contribution in [0.2, 0.25) is 5.02 Å². The zero-order chi connectivity index (χ0) is 17.8. The lowest BCUT2D eigenvalue weighted by molar-refractivity contribution is 0.404. The van der Waals surface area contributed by atoms with Crippen LogP contribution in [0.1, 0.15) is 0 Å². The molecule has 1 aromatic carbocycles. The molecule has 0 amide bonds. The smallest absolute Gasteiger partial charge is 0.232 e. The van der Waals surface area contributed by atoms with Crippen molar-refractivity contribution in [2.75, 3.05) is 44.1 Å². The topological polar surface area (TPSA) is 102 Å². The van der Waals surface area contributed by atoms with Crippen LogP contribution in [-0.4, -0.2) is 56.7 Å². The van der Waals surface area contributed by atoms with Crippen molar-refractivity contribution in [2.24, 2.45) is 0 Å². The zero-order valence-electron chi connectivity index (χ0n) is 13.2. The first kappa shape index (κ1) is 19.8. The van der Waals surface area contributed by atoms with E-state index in [9.17, 15) is 16.8 Å². The predicted octanol–water partition coefficient (Wildman–Crippen LogP) is 0.672. The largest absolute Gasteiger partial charge is 0.495 e. The third kappa shape index (κ3) is 5.72. The molecule has 0 bridgehead atoms. The second-order valence-corrected chi connectivity index (χ2v) is 8.81. The fraction of sp³-hybridized carbons (Fsp3) is 0.500. The predicted molar refractivity (Wildman–Crippen MR) is 89.6 cm³/mol. The third-order valence-corrected chi connectivity index (χ3v) is 5.01. The Morgan fingerprint density at radius 1 is 1.09 bits per heavy atom. The van der Waals surface area contributed by atoms with Crippen LogP contribution >= 0.6 is 11.6 Å². The van der Waals surface area contributed by atoms with Crippen molar-refractivity contribution in [1.82, 2.24) is 4.72 Å². The molecule has 1 rings (SSSR count). The third-order valence-electron chi connectivity index (χ3n) is 2.80. The van der Waals surface area contributed by atoms with Gasteiger partial charge in [0.1, 0.15) is 11.5 Å². The average Bonchev–Trinajstić information content (AvgIpc) is 2.41. The van der Waals surface area contributed by atoms with Crippen molar-refractivity contribution in [1.29, 1.82) is 0 Å². The summed E-state index contributed by atoms with van der Waals surface area (Å²) in [5, 5.41) is 0.260. The van der Waals surface area contributed by atoms with Crippen molar-refractivity contribution < 1.29 is 26.3 Å². The standard InChI is InChI=1S/C12H19ClN2O6S2/c1-20-11-8-10(12(21-2)7-9(11)13)15(23(4,18)19)6-5-14-22(3,16)17/h7-8,14H,5-6H2,1-4H3. The van der Waals surface area contributed by atoms with E-state index in [2.05, 4.69) is 4.72 Å². The monoisotopic (exact) mass is 386 g/mol. The van der Waals surface area contributed by atoms with Gasteiger partial charge in [-0.15, -0.1) is 0 Å². The molecule has 0 unspecified atom stereocenters. The summed E-state index contributed by atoms with van der Waals surface area (Å²) in [5.74, 6) is 0.493. The first-order chi connectivity index (χ1) is 10.5. The van der Waals surface area contributed by atoms with Gasteiger partial charge >= 0.3 is 0 Å². The van der Waals surface area contributed by atoms with E-state index in [-0.39, 0.29) is 35.3 Å². The van der Waals surface area contributed by atoms with Gasteiger partial charge in [0.05, 0.1) is 37.4 Å². The molecule has 0 spiro atoms. The molecule has 0 heterocycles. The van der Waals surface area contributed by atoms with Crippen LogP contribution in [0.25, 0.3) is 0 Å². The molecule has 0 aliphatic rings. The molecule has 1 N–H and O–H groups in total. The Morgan fingerprint density at radius 2 is 1.65 bits per heavy atom. The highest BCUT2D eigenvalue weighted by atomic mass is 35.5. The van der Waals surface area contributed by atoms with Crippen molar-refractivity contribution in [3.8, 4) is 11.5 Å². The normalized spacial score (nSPS) is 12.0. The van der Waals surface area contributed by atoms with Crippen LogP contribution in [0.15, 0.2) is 12.1 Å². The first-order valence-corrected chi connectivity index (χ1v) is 10.4. The Kier molecular flexibility index (Phi) is 6.51. The van der Waals surface area contributed by atoms with Crippen molar-refractivity contribution in [2.45, 2.75) is 0 Å². The van der Waals surface area contributed by atoms with Gasteiger partial charge in [0.25, 0.3) is 0 Å². The Balaban J connectivity index is 3.27. The van der Waals surface area contributed by atoms with E-state index in [4.69, 9.17) is 21.1 Å². The van der Waals surface area contributed by atoms with Gasteiger partial charge < -0.3 is 9.47 Å². The fourth-order valence-electron chi connectivity index (χ4n) is 1.84. The van der Waals surface area contributed by atoms with E-state index in [1.807, 2.05) is 0 Å². The summed E-state index contributed by atoms with van der Waals surface area (Å²) >= 11 is 6.00. The average molecular weight is 387 g/mol. The van der Waals surface area contributed by atoms with Crippen LogP contribution in [0, 0.1) is 0 Å². The number of sulfonamides is 2. The molecule has 0 saturated carbocycles. The highest BCUT2D eigenvalue weighted by Crippen LogP contribution is 2.38. The van der Waals surface area contributed by atoms with Gasteiger partial charge in [-0.05, 0) is 0 Å². The van der Waals surface area contributed by atoms with Gasteiger partial charge in [-0.1, -0.05) is 11.6 Å². The highest BCUT2D eigenvalue weighted by Gasteiger charge is 2.23. The molecule has 11 heteroatoms. The molecule has 23 heavy (non-hydrogen) atoms. The van der Waals surface area contributed by atoms with E-state index >= 15 is 0 Å². The van der Waals surface area contributed by atoms with Gasteiger partial charge in [0, 0.05) is 25.2 Å². The maximum Gasteiger partial charge on any atom is 0.232 e. The minimum atomic E-state index is -3.69. The van der Waals surface area contributed by atoms with Crippen LogP contribution in [0.3, 0.4) is 0 Å². The summed E-state index contributed by atoms with van der Waals surface area (Å²) < 4.78 is 59.9. The molecule has 0 atom stereocenters. The fourth-order valence-corrected chi connectivity index (χ4v) is 3.45. The number of anilines is 1. The van der Waals surface area contributed by atoms with Gasteiger partial charge in [0.15, 0.2) is 0 Å². The Labute approximate surface area is 141 Å². The summed E-state index contributed by atoms with van der Waals surface area (Å²) in [6.07, 6.45) is 2.00. The lowest BCUT2D eigenvalue weighted by Crippen LogP contribution is -2.38. The van der Waals surface area contributed by atoms with Gasteiger partial charge in [0.2, 0.25) is 20.0 Å². The van der Waals surface area contributed by atoms with E-state index < -0.39 is 20.0 Å². The van der Waals surface area contributed by atoms with Crippen LogP contribution in [0.4, 0.5) is 5.69 Å². The number of halogens is 1. The summed E-state index contributed by atoms with van der Waals surface area (Å²) in [6, 6.07) is 2.85. The minimum Gasteiger partial charge on any atom is -0.495 e. The lowest BCUT2D eigenvalue weighted by Gasteiger charge is -2.25. The number of nitrogens with zero attached hydrogens (tertiary/aromatic N) is 1. The molecule has 8 nitrogen and oxygen atoms in total. The molecule has 0 aliphatic carbocycles. The number of nitrogens with one attached hydrogen (secondary N) is 1. The molecule has 1 aromatic rings. The number of hydrogen-bond donors (Lipinski definition) is 1. The molecule has 0 saturated heterocycles. The molecular weight excluding hydrogens is 368 g/mol. The molecule has 0 aliphatic heterocycles. The van der Waals surface area contributed by atoms with E-state index in [1.54, 1.807) is 0 Å². The summed E-state index contributed by atoms with van der Waals surface area (Å²) in [5.41, 5.74) is 0.201. The highest BCUT2D eigenvalue weighted by molar-refractivity contribution is 7.92. The SMILES string of the molecule is COc1cc(N(CCNS(C)(=O)=O)S(C)(=O)=O)c(OC)cc1Cl. The zero-order valence-corrected chi connectivity index (χ0v) is 15.5. The van der Waals surface area contributed by atoms with Crippen LogP contribution in [-0.2, 0) is 20.0 Å².